The molecule has 0 radical (unpaired) electrons. The van der Waals surface area contributed by atoms with Crippen LogP contribution in [0.1, 0.15) is 43.6 Å². The molecule has 4 rings (SSSR count). The predicted molar refractivity (Wildman–Crippen MR) is 90.6 cm³/mol. The van der Waals surface area contributed by atoms with E-state index in [-0.39, 0.29) is 0 Å². The lowest BCUT2D eigenvalue weighted by Crippen LogP contribution is -2.52. The first-order chi connectivity index (χ1) is 10.3. The number of hydrogen-bond acceptors (Lipinski definition) is 2. The van der Waals surface area contributed by atoms with Crippen molar-refractivity contribution in [2.75, 3.05) is 26.2 Å². The summed E-state index contributed by atoms with van der Waals surface area (Å²) in [5.41, 5.74) is 2.08. The van der Waals surface area contributed by atoms with Crippen molar-refractivity contribution in [2.24, 2.45) is 5.41 Å². The third-order valence-electron chi connectivity index (χ3n) is 6.20. The van der Waals surface area contributed by atoms with E-state index in [4.69, 9.17) is 0 Å². The fourth-order valence-corrected chi connectivity index (χ4v) is 5.31. The van der Waals surface area contributed by atoms with Crippen molar-refractivity contribution >= 4 is 15.9 Å². The van der Waals surface area contributed by atoms with E-state index in [2.05, 4.69) is 50.4 Å². The fraction of sp³-hybridized carbons (Fsp3) is 0.667. The molecule has 1 aromatic rings. The molecule has 0 saturated carbocycles. The van der Waals surface area contributed by atoms with Crippen molar-refractivity contribution in [2.45, 2.75) is 44.1 Å². The maximum atomic E-state index is 3.65. The highest BCUT2D eigenvalue weighted by molar-refractivity contribution is 9.10. The Labute approximate surface area is 136 Å². The van der Waals surface area contributed by atoms with Crippen molar-refractivity contribution in [1.82, 2.24) is 10.2 Å². The average Bonchev–Trinajstić information content (AvgIpc) is 2.96. The number of nitrogens with zero attached hydrogens (tertiary/aromatic N) is 1. The van der Waals surface area contributed by atoms with Crippen LogP contribution >= 0.6 is 15.9 Å². The third kappa shape index (κ3) is 2.58. The summed E-state index contributed by atoms with van der Waals surface area (Å²) in [6, 6.07) is 9.97. The Hall–Kier alpha value is -0.380. The number of fused-ring (bicyclic) bond motifs is 1. The predicted octanol–water partition coefficient (Wildman–Crippen LogP) is 3.77. The Kier molecular flexibility index (Phi) is 3.85. The molecule has 3 aliphatic rings. The van der Waals surface area contributed by atoms with E-state index in [1.54, 1.807) is 0 Å². The molecule has 1 spiro atoms. The van der Waals surface area contributed by atoms with Crippen LogP contribution in [0.15, 0.2) is 28.7 Å². The van der Waals surface area contributed by atoms with E-state index in [1.807, 2.05) is 0 Å². The number of rotatable bonds is 1. The van der Waals surface area contributed by atoms with Crippen LogP contribution in [0, 0.1) is 5.41 Å². The standard InChI is InChI=1S/C18H25BrN2/c19-15-5-3-14(4-6-15)17-13-20-9-7-18(17)8-11-21-10-1-2-16(21)12-18/h3-6,16-17,20H,1-2,7-13H2. The van der Waals surface area contributed by atoms with E-state index < -0.39 is 0 Å². The molecule has 3 aliphatic heterocycles. The fourth-order valence-electron chi connectivity index (χ4n) is 5.04. The second kappa shape index (κ2) is 5.68. The molecule has 0 bridgehead atoms. The molecule has 3 unspecified atom stereocenters. The molecule has 0 aromatic heterocycles. The van der Waals surface area contributed by atoms with Gasteiger partial charge in [-0.2, -0.15) is 0 Å². The minimum Gasteiger partial charge on any atom is -0.316 e. The minimum atomic E-state index is 0.546. The summed E-state index contributed by atoms with van der Waals surface area (Å²) in [6.45, 7) is 5.05. The normalized spacial score (nSPS) is 36.8. The zero-order chi connectivity index (χ0) is 14.3. The van der Waals surface area contributed by atoms with E-state index in [0.29, 0.717) is 11.3 Å². The molecule has 3 atom stereocenters. The first-order valence-electron chi connectivity index (χ1n) is 8.47. The Bertz CT molecular complexity index is 500. The van der Waals surface area contributed by atoms with Crippen LogP contribution in [0.5, 0.6) is 0 Å². The zero-order valence-electron chi connectivity index (χ0n) is 12.7. The van der Waals surface area contributed by atoms with E-state index >= 15 is 0 Å². The molecule has 3 heteroatoms. The lowest BCUT2D eigenvalue weighted by Gasteiger charge is -2.51. The molecular formula is C18H25BrN2. The molecule has 2 nitrogen and oxygen atoms in total. The molecule has 0 amide bonds. The number of nitrogens with one attached hydrogen (secondary N) is 1. The second-order valence-electron chi connectivity index (χ2n) is 7.21. The molecule has 114 valence electrons. The second-order valence-corrected chi connectivity index (χ2v) is 8.12. The van der Waals surface area contributed by atoms with Crippen LogP contribution < -0.4 is 5.32 Å². The molecule has 3 saturated heterocycles. The maximum Gasteiger partial charge on any atom is 0.0175 e. The quantitative estimate of drug-likeness (QED) is 0.830. The van der Waals surface area contributed by atoms with Crippen molar-refractivity contribution < 1.29 is 0 Å². The van der Waals surface area contributed by atoms with Crippen LogP contribution in [-0.2, 0) is 0 Å². The number of halogens is 1. The van der Waals surface area contributed by atoms with Crippen molar-refractivity contribution in [3.63, 3.8) is 0 Å². The van der Waals surface area contributed by atoms with Gasteiger partial charge >= 0.3 is 0 Å². The van der Waals surface area contributed by atoms with Gasteiger partial charge in [0.05, 0.1) is 0 Å². The molecule has 1 aromatic carbocycles. The topological polar surface area (TPSA) is 15.3 Å². The maximum absolute atomic E-state index is 3.65. The summed E-state index contributed by atoms with van der Waals surface area (Å²) in [6.07, 6.45) is 7.03. The van der Waals surface area contributed by atoms with E-state index in [1.165, 1.54) is 61.8 Å². The number of piperidine rings is 2. The first kappa shape index (κ1) is 14.2. The van der Waals surface area contributed by atoms with Gasteiger partial charge in [-0.3, -0.25) is 0 Å². The van der Waals surface area contributed by atoms with E-state index in [9.17, 15) is 0 Å². The highest BCUT2D eigenvalue weighted by atomic mass is 79.9. The summed E-state index contributed by atoms with van der Waals surface area (Å²) >= 11 is 3.57. The van der Waals surface area contributed by atoms with Crippen molar-refractivity contribution in [3.05, 3.63) is 34.3 Å². The van der Waals surface area contributed by atoms with Gasteiger partial charge in [-0.25, -0.2) is 0 Å². The summed E-state index contributed by atoms with van der Waals surface area (Å²) in [5, 5.41) is 3.65. The van der Waals surface area contributed by atoms with Crippen molar-refractivity contribution in [3.8, 4) is 0 Å². The van der Waals surface area contributed by atoms with Crippen molar-refractivity contribution in [1.29, 1.82) is 0 Å². The van der Waals surface area contributed by atoms with Gasteiger partial charge < -0.3 is 10.2 Å². The van der Waals surface area contributed by atoms with E-state index in [0.717, 1.165) is 12.6 Å². The number of benzene rings is 1. The molecular weight excluding hydrogens is 324 g/mol. The van der Waals surface area contributed by atoms with Crippen LogP contribution in [0.4, 0.5) is 0 Å². The van der Waals surface area contributed by atoms with Crippen LogP contribution in [0.2, 0.25) is 0 Å². The summed E-state index contributed by atoms with van der Waals surface area (Å²) in [5.74, 6) is 0.696. The van der Waals surface area contributed by atoms with Gasteiger partial charge in [0.25, 0.3) is 0 Å². The summed E-state index contributed by atoms with van der Waals surface area (Å²) < 4.78 is 1.19. The largest absolute Gasteiger partial charge is 0.316 e. The average molecular weight is 349 g/mol. The van der Waals surface area contributed by atoms with Gasteiger partial charge in [0.1, 0.15) is 0 Å². The Morgan fingerprint density at radius 3 is 2.86 bits per heavy atom. The molecule has 3 heterocycles. The third-order valence-corrected chi connectivity index (χ3v) is 6.73. The lowest BCUT2D eigenvalue weighted by molar-refractivity contribution is 0.0319. The Morgan fingerprint density at radius 1 is 1.14 bits per heavy atom. The smallest absolute Gasteiger partial charge is 0.0175 e. The van der Waals surface area contributed by atoms with Gasteiger partial charge in [0, 0.05) is 23.0 Å². The molecule has 3 fully saturated rings. The Morgan fingerprint density at radius 2 is 2.00 bits per heavy atom. The van der Waals surface area contributed by atoms with Gasteiger partial charge in [0.15, 0.2) is 0 Å². The van der Waals surface area contributed by atoms with Gasteiger partial charge in [-0.15, -0.1) is 0 Å². The SMILES string of the molecule is Brc1ccc(C2CNCCC23CCN2CCCC2C3)cc1. The first-order valence-corrected chi connectivity index (χ1v) is 9.26. The monoisotopic (exact) mass is 348 g/mol. The molecule has 0 aliphatic carbocycles. The summed E-state index contributed by atoms with van der Waals surface area (Å²) in [4.78, 5) is 2.76. The van der Waals surface area contributed by atoms with Crippen LogP contribution in [0.3, 0.4) is 0 Å². The Balaban J connectivity index is 1.63. The lowest BCUT2D eigenvalue weighted by atomic mass is 9.61. The highest BCUT2D eigenvalue weighted by Crippen LogP contribution is 2.51. The number of hydrogen-bond donors (Lipinski definition) is 1. The molecule has 1 N–H and O–H groups in total. The zero-order valence-corrected chi connectivity index (χ0v) is 14.2. The van der Waals surface area contributed by atoms with Gasteiger partial charge in [0.2, 0.25) is 0 Å². The van der Waals surface area contributed by atoms with Crippen LogP contribution in [-0.4, -0.2) is 37.1 Å². The highest BCUT2D eigenvalue weighted by Gasteiger charge is 2.47. The van der Waals surface area contributed by atoms with Crippen LogP contribution in [0.25, 0.3) is 0 Å². The van der Waals surface area contributed by atoms with Gasteiger partial charge in [-0.05, 0) is 74.8 Å². The van der Waals surface area contributed by atoms with Gasteiger partial charge in [-0.1, -0.05) is 28.1 Å². The molecule has 21 heavy (non-hydrogen) atoms. The minimum absolute atomic E-state index is 0.546. The summed E-state index contributed by atoms with van der Waals surface area (Å²) in [7, 11) is 0.